The first kappa shape index (κ1) is 14.7. The monoisotopic (exact) mass is 375 g/mol. The van der Waals surface area contributed by atoms with E-state index in [2.05, 4.69) is 41.7 Å². The van der Waals surface area contributed by atoms with Gasteiger partial charge in [0.1, 0.15) is 0 Å². The van der Waals surface area contributed by atoms with E-state index in [0.717, 1.165) is 15.8 Å². The van der Waals surface area contributed by atoms with Gasteiger partial charge < -0.3 is 10.6 Å². The van der Waals surface area contributed by atoms with Crippen molar-refractivity contribution in [1.29, 1.82) is 0 Å². The summed E-state index contributed by atoms with van der Waals surface area (Å²) in [5.41, 5.74) is 1.75. The van der Waals surface area contributed by atoms with E-state index in [0.29, 0.717) is 16.8 Å². The third-order valence-corrected chi connectivity index (χ3v) is 3.50. The molecule has 0 aliphatic rings. The topological polar surface area (TPSA) is 62.7 Å². The molecule has 0 aliphatic heterocycles. The second kappa shape index (κ2) is 6.72. The molecule has 0 atom stereocenters. The third-order valence-electron chi connectivity index (χ3n) is 2.76. The average molecular weight is 377 g/mol. The van der Waals surface area contributed by atoms with Crippen LogP contribution in [0, 0.1) is 0 Å². The normalized spacial score (nSPS) is 10.3. The van der Waals surface area contributed by atoms with Crippen molar-refractivity contribution >= 4 is 50.7 Å². The van der Waals surface area contributed by atoms with Gasteiger partial charge in [0.15, 0.2) is 5.82 Å². The number of hydrogen-bond donors (Lipinski definition) is 2. The molecule has 2 aromatic carbocycles. The Hall–Kier alpha value is -2.18. The molecular weight excluding hydrogens is 366 g/mol. The molecule has 1 heterocycles. The molecule has 22 heavy (non-hydrogen) atoms. The maximum Gasteiger partial charge on any atom is 0.249 e. The summed E-state index contributed by atoms with van der Waals surface area (Å²) < 4.78 is 0.985. The summed E-state index contributed by atoms with van der Waals surface area (Å²) >= 11 is 9.29. The van der Waals surface area contributed by atoms with Crippen molar-refractivity contribution in [2.75, 3.05) is 10.6 Å². The number of hydrogen-bond acceptors (Lipinski definition) is 5. The lowest BCUT2D eigenvalue weighted by Gasteiger charge is -2.08. The van der Waals surface area contributed by atoms with Gasteiger partial charge in [-0.3, -0.25) is 0 Å². The first-order valence-corrected chi connectivity index (χ1v) is 7.61. The Balaban J connectivity index is 1.76. The molecule has 5 nitrogen and oxygen atoms in total. The molecule has 0 fully saturated rings. The second-order valence-electron chi connectivity index (χ2n) is 4.43. The number of nitrogens with one attached hydrogen (secondary N) is 2. The number of halogens is 2. The fourth-order valence-corrected chi connectivity index (χ4v) is 2.32. The van der Waals surface area contributed by atoms with Crippen LogP contribution in [0.1, 0.15) is 0 Å². The molecule has 0 saturated heterocycles. The van der Waals surface area contributed by atoms with Gasteiger partial charge in [0.2, 0.25) is 5.95 Å². The number of aromatic nitrogens is 3. The van der Waals surface area contributed by atoms with Crippen LogP contribution in [0.3, 0.4) is 0 Å². The van der Waals surface area contributed by atoms with Gasteiger partial charge in [-0.05, 0) is 42.5 Å². The molecule has 0 saturated carbocycles. The smallest absolute Gasteiger partial charge is 0.249 e. The Morgan fingerprint density at radius 1 is 0.955 bits per heavy atom. The number of anilines is 4. The lowest BCUT2D eigenvalue weighted by atomic mass is 10.3. The molecule has 0 radical (unpaired) electrons. The maximum atomic E-state index is 5.86. The molecule has 3 rings (SSSR count). The predicted octanol–water partition coefficient (Wildman–Crippen LogP) is 4.77. The van der Waals surface area contributed by atoms with Gasteiger partial charge in [-0.25, -0.2) is 0 Å². The van der Waals surface area contributed by atoms with Crippen LogP contribution in [-0.2, 0) is 0 Å². The minimum absolute atomic E-state index is 0.405. The molecule has 2 N–H and O–H groups in total. The third kappa shape index (κ3) is 3.93. The highest BCUT2D eigenvalue weighted by molar-refractivity contribution is 9.10. The molecule has 1 aromatic heterocycles. The molecule has 3 aromatic rings. The van der Waals surface area contributed by atoms with E-state index >= 15 is 0 Å². The van der Waals surface area contributed by atoms with Gasteiger partial charge in [-0.1, -0.05) is 33.6 Å². The SMILES string of the molecule is Clc1ccc(Nc2nncc(Nc3cccc(Br)c3)n2)cc1. The standard InChI is InChI=1S/C15H11BrClN5/c16-10-2-1-3-13(8-10)19-14-9-18-22-15(21-14)20-12-6-4-11(17)5-7-12/h1-9H,(H2,19,20,21,22). The number of nitrogens with zero attached hydrogens (tertiary/aromatic N) is 3. The first-order valence-electron chi connectivity index (χ1n) is 6.44. The molecule has 0 unspecified atom stereocenters. The van der Waals surface area contributed by atoms with Crippen molar-refractivity contribution < 1.29 is 0 Å². The Bertz CT molecular complexity index is 779. The second-order valence-corrected chi connectivity index (χ2v) is 5.78. The quantitative estimate of drug-likeness (QED) is 0.686. The average Bonchev–Trinajstić information content (AvgIpc) is 2.50. The predicted molar refractivity (Wildman–Crippen MR) is 92.0 cm³/mol. The van der Waals surface area contributed by atoms with E-state index in [1.165, 1.54) is 0 Å². The van der Waals surface area contributed by atoms with E-state index in [1.807, 2.05) is 36.4 Å². The van der Waals surface area contributed by atoms with Gasteiger partial charge >= 0.3 is 0 Å². The minimum atomic E-state index is 0.405. The van der Waals surface area contributed by atoms with Crippen molar-refractivity contribution in [3.05, 3.63) is 64.2 Å². The highest BCUT2D eigenvalue weighted by Gasteiger charge is 2.02. The highest BCUT2D eigenvalue weighted by Crippen LogP contribution is 2.20. The Kier molecular flexibility index (Phi) is 4.50. The fraction of sp³-hybridized carbons (Fsp3) is 0. The Morgan fingerprint density at radius 2 is 1.77 bits per heavy atom. The zero-order valence-electron chi connectivity index (χ0n) is 11.3. The molecular formula is C15H11BrClN5. The summed E-state index contributed by atoms with van der Waals surface area (Å²) in [6.45, 7) is 0. The minimum Gasteiger partial charge on any atom is -0.339 e. The largest absolute Gasteiger partial charge is 0.339 e. The van der Waals surface area contributed by atoms with Crippen molar-refractivity contribution in [2.45, 2.75) is 0 Å². The fourth-order valence-electron chi connectivity index (χ4n) is 1.79. The lowest BCUT2D eigenvalue weighted by Crippen LogP contribution is -2.02. The number of rotatable bonds is 4. The summed E-state index contributed by atoms with van der Waals surface area (Å²) in [7, 11) is 0. The van der Waals surface area contributed by atoms with Crippen LogP contribution in [-0.4, -0.2) is 15.2 Å². The Morgan fingerprint density at radius 3 is 2.55 bits per heavy atom. The molecule has 0 bridgehead atoms. The molecule has 0 aliphatic carbocycles. The maximum absolute atomic E-state index is 5.86. The molecule has 110 valence electrons. The van der Waals surface area contributed by atoms with Crippen LogP contribution in [0.5, 0.6) is 0 Å². The van der Waals surface area contributed by atoms with Crippen molar-refractivity contribution in [3.8, 4) is 0 Å². The number of benzene rings is 2. The zero-order valence-corrected chi connectivity index (χ0v) is 13.6. The van der Waals surface area contributed by atoms with Crippen LogP contribution in [0.2, 0.25) is 5.02 Å². The van der Waals surface area contributed by atoms with Crippen LogP contribution < -0.4 is 10.6 Å². The Labute approximate surface area is 140 Å². The van der Waals surface area contributed by atoms with Crippen LogP contribution in [0.15, 0.2) is 59.2 Å². The van der Waals surface area contributed by atoms with E-state index in [9.17, 15) is 0 Å². The van der Waals surface area contributed by atoms with Gasteiger partial charge in [0.05, 0.1) is 6.20 Å². The molecule has 7 heteroatoms. The molecule has 0 spiro atoms. The summed E-state index contributed by atoms with van der Waals surface area (Å²) in [5, 5.41) is 14.8. The van der Waals surface area contributed by atoms with Crippen molar-refractivity contribution in [3.63, 3.8) is 0 Å². The first-order chi connectivity index (χ1) is 10.7. The van der Waals surface area contributed by atoms with Gasteiger partial charge in [-0.15, -0.1) is 5.10 Å². The van der Waals surface area contributed by atoms with Gasteiger partial charge in [-0.2, -0.15) is 10.1 Å². The summed E-state index contributed by atoms with van der Waals surface area (Å²) in [4.78, 5) is 4.37. The van der Waals surface area contributed by atoms with E-state index in [4.69, 9.17) is 11.6 Å². The van der Waals surface area contributed by atoms with E-state index < -0.39 is 0 Å². The van der Waals surface area contributed by atoms with Crippen LogP contribution >= 0.6 is 27.5 Å². The zero-order chi connectivity index (χ0) is 15.4. The van der Waals surface area contributed by atoms with Crippen molar-refractivity contribution in [1.82, 2.24) is 15.2 Å². The van der Waals surface area contributed by atoms with Gasteiger partial charge in [0, 0.05) is 20.9 Å². The summed E-state index contributed by atoms with van der Waals surface area (Å²) in [5.74, 6) is 1.01. The van der Waals surface area contributed by atoms with E-state index in [1.54, 1.807) is 18.3 Å². The van der Waals surface area contributed by atoms with Crippen molar-refractivity contribution in [2.24, 2.45) is 0 Å². The van der Waals surface area contributed by atoms with Crippen LogP contribution in [0.25, 0.3) is 0 Å². The van der Waals surface area contributed by atoms with Crippen LogP contribution in [0.4, 0.5) is 23.1 Å². The molecule has 0 amide bonds. The summed E-state index contributed by atoms with van der Waals surface area (Å²) in [6, 6.07) is 15.1. The highest BCUT2D eigenvalue weighted by atomic mass is 79.9. The van der Waals surface area contributed by atoms with Gasteiger partial charge in [0.25, 0.3) is 0 Å². The van der Waals surface area contributed by atoms with E-state index in [-0.39, 0.29) is 0 Å². The lowest BCUT2D eigenvalue weighted by molar-refractivity contribution is 0.982. The summed E-state index contributed by atoms with van der Waals surface area (Å²) in [6.07, 6.45) is 1.56.